The summed E-state index contributed by atoms with van der Waals surface area (Å²) in [6.07, 6.45) is 2.45. The molecule has 0 aliphatic heterocycles. The lowest BCUT2D eigenvalue weighted by Crippen LogP contribution is -2.31. The Bertz CT molecular complexity index is 271. The molecule has 1 nitrogen and oxygen atoms in total. The van der Waals surface area contributed by atoms with Crippen molar-refractivity contribution in [2.45, 2.75) is 39.3 Å². The SMILES string of the molecule is CC(C)N(CCCCS)Cc1ccccc1. The van der Waals surface area contributed by atoms with Gasteiger partial charge in [0.05, 0.1) is 0 Å². The average Bonchev–Trinajstić information content (AvgIpc) is 2.29. The summed E-state index contributed by atoms with van der Waals surface area (Å²) >= 11 is 4.26. The Hall–Kier alpha value is -0.470. The molecule has 1 aromatic carbocycles. The zero-order chi connectivity index (χ0) is 11.8. The molecule has 0 saturated heterocycles. The number of rotatable bonds is 7. The first-order valence-electron chi connectivity index (χ1n) is 6.13. The van der Waals surface area contributed by atoms with E-state index in [9.17, 15) is 0 Å². The second-order valence-corrected chi connectivity index (χ2v) is 4.93. The largest absolute Gasteiger partial charge is 0.297 e. The second-order valence-electron chi connectivity index (χ2n) is 4.48. The van der Waals surface area contributed by atoms with Gasteiger partial charge in [-0.2, -0.15) is 12.6 Å². The molecule has 16 heavy (non-hydrogen) atoms. The first-order chi connectivity index (χ1) is 7.74. The molecule has 0 aliphatic rings. The van der Waals surface area contributed by atoms with E-state index in [-0.39, 0.29) is 0 Å². The van der Waals surface area contributed by atoms with E-state index in [1.54, 1.807) is 0 Å². The Morgan fingerprint density at radius 3 is 2.38 bits per heavy atom. The van der Waals surface area contributed by atoms with Crippen molar-refractivity contribution in [1.82, 2.24) is 4.90 Å². The van der Waals surface area contributed by atoms with Crippen LogP contribution in [0.1, 0.15) is 32.3 Å². The summed E-state index contributed by atoms with van der Waals surface area (Å²) in [4.78, 5) is 2.53. The Morgan fingerprint density at radius 1 is 1.12 bits per heavy atom. The molecule has 0 fully saturated rings. The molecule has 0 N–H and O–H groups in total. The van der Waals surface area contributed by atoms with Crippen LogP contribution in [0.4, 0.5) is 0 Å². The van der Waals surface area contributed by atoms with Crippen LogP contribution in [-0.4, -0.2) is 23.2 Å². The van der Waals surface area contributed by atoms with Crippen LogP contribution in [0.2, 0.25) is 0 Å². The number of benzene rings is 1. The Balaban J connectivity index is 2.45. The highest BCUT2D eigenvalue weighted by Gasteiger charge is 2.08. The molecular formula is C14H23NS. The molecule has 0 aliphatic carbocycles. The van der Waals surface area contributed by atoms with Crippen molar-refractivity contribution < 1.29 is 0 Å². The Kier molecular flexibility index (Phi) is 6.58. The van der Waals surface area contributed by atoms with Crippen LogP contribution in [-0.2, 0) is 6.54 Å². The van der Waals surface area contributed by atoms with Crippen LogP contribution in [0.25, 0.3) is 0 Å². The fourth-order valence-electron chi connectivity index (χ4n) is 1.76. The smallest absolute Gasteiger partial charge is 0.0236 e. The first-order valence-corrected chi connectivity index (χ1v) is 6.76. The van der Waals surface area contributed by atoms with Gasteiger partial charge in [-0.3, -0.25) is 4.90 Å². The van der Waals surface area contributed by atoms with Crippen molar-refractivity contribution in [2.24, 2.45) is 0 Å². The van der Waals surface area contributed by atoms with Gasteiger partial charge in [0.2, 0.25) is 0 Å². The van der Waals surface area contributed by atoms with E-state index in [2.05, 4.69) is 61.7 Å². The van der Waals surface area contributed by atoms with Gasteiger partial charge in [0.15, 0.2) is 0 Å². The fraction of sp³-hybridized carbons (Fsp3) is 0.571. The van der Waals surface area contributed by atoms with Gasteiger partial charge in [0, 0.05) is 12.6 Å². The van der Waals surface area contributed by atoms with Crippen molar-refractivity contribution in [3.05, 3.63) is 35.9 Å². The molecule has 0 heterocycles. The van der Waals surface area contributed by atoms with E-state index in [1.165, 1.54) is 24.9 Å². The summed E-state index contributed by atoms with van der Waals surface area (Å²) < 4.78 is 0. The van der Waals surface area contributed by atoms with Gasteiger partial charge in [-0.1, -0.05) is 30.3 Å². The fourth-order valence-corrected chi connectivity index (χ4v) is 1.99. The monoisotopic (exact) mass is 237 g/mol. The minimum absolute atomic E-state index is 0.611. The summed E-state index contributed by atoms with van der Waals surface area (Å²) in [5.74, 6) is 0.997. The van der Waals surface area contributed by atoms with Crippen molar-refractivity contribution in [3.8, 4) is 0 Å². The molecule has 0 spiro atoms. The zero-order valence-corrected chi connectivity index (χ0v) is 11.3. The highest BCUT2D eigenvalue weighted by molar-refractivity contribution is 7.80. The average molecular weight is 237 g/mol. The predicted molar refractivity (Wildman–Crippen MR) is 75.1 cm³/mol. The van der Waals surface area contributed by atoms with Gasteiger partial charge in [-0.05, 0) is 44.6 Å². The molecule has 0 saturated carbocycles. The highest BCUT2D eigenvalue weighted by atomic mass is 32.1. The molecule has 0 bridgehead atoms. The maximum Gasteiger partial charge on any atom is 0.0236 e. The van der Waals surface area contributed by atoms with Gasteiger partial charge < -0.3 is 0 Å². The molecule has 0 amide bonds. The Morgan fingerprint density at radius 2 is 1.81 bits per heavy atom. The summed E-state index contributed by atoms with van der Waals surface area (Å²) in [5.41, 5.74) is 1.40. The summed E-state index contributed by atoms with van der Waals surface area (Å²) in [6, 6.07) is 11.3. The van der Waals surface area contributed by atoms with Crippen LogP contribution < -0.4 is 0 Å². The quantitative estimate of drug-likeness (QED) is 0.560. The van der Waals surface area contributed by atoms with Crippen molar-refractivity contribution in [1.29, 1.82) is 0 Å². The van der Waals surface area contributed by atoms with Crippen LogP contribution in [0.3, 0.4) is 0 Å². The minimum atomic E-state index is 0.611. The first kappa shape index (κ1) is 13.6. The van der Waals surface area contributed by atoms with Crippen molar-refractivity contribution >= 4 is 12.6 Å². The summed E-state index contributed by atoms with van der Waals surface area (Å²) in [5, 5.41) is 0. The number of unbranched alkanes of at least 4 members (excludes halogenated alkanes) is 1. The Labute approximate surface area is 105 Å². The molecular weight excluding hydrogens is 214 g/mol. The van der Waals surface area contributed by atoms with Gasteiger partial charge in [0.25, 0.3) is 0 Å². The van der Waals surface area contributed by atoms with Crippen LogP contribution in [0.15, 0.2) is 30.3 Å². The number of nitrogens with zero attached hydrogens (tertiary/aromatic N) is 1. The summed E-state index contributed by atoms with van der Waals surface area (Å²) in [6.45, 7) is 6.77. The van der Waals surface area contributed by atoms with E-state index in [0.717, 1.165) is 12.3 Å². The molecule has 0 unspecified atom stereocenters. The lowest BCUT2D eigenvalue weighted by molar-refractivity contribution is 0.210. The normalized spacial score (nSPS) is 11.3. The number of hydrogen-bond acceptors (Lipinski definition) is 2. The van der Waals surface area contributed by atoms with E-state index >= 15 is 0 Å². The zero-order valence-electron chi connectivity index (χ0n) is 10.4. The van der Waals surface area contributed by atoms with E-state index in [1.807, 2.05) is 0 Å². The third kappa shape index (κ3) is 5.04. The lowest BCUT2D eigenvalue weighted by Gasteiger charge is -2.26. The van der Waals surface area contributed by atoms with Crippen LogP contribution in [0.5, 0.6) is 0 Å². The second kappa shape index (κ2) is 7.75. The molecule has 0 radical (unpaired) electrons. The third-order valence-corrected chi connectivity index (χ3v) is 3.13. The molecule has 2 heteroatoms. The molecule has 1 aromatic rings. The number of hydrogen-bond donors (Lipinski definition) is 1. The van der Waals surface area contributed by atoms with Gasteiger partial charge in [-0.15, -0.1) is 0 Å². The molecule has 0 atom stereocenters. The molecule has 1 rings (SSSR count). The van der Waals surface area contributed by atoms with E-state index in [0.29, 0.717) is 6.04 Å². The van der Waals surface area contributed by atoms with Crippen LogP contribution >= 0.6 is 12.6 Å². The van der Waals surface area contributed by atoms with Crippen molar-refractivity contribution in [3.63, 3.8) is 0 Å². The topological polar surface area (TPSA) is 3.24 Å². The van der Waals surface area contributed by atoms with E-state index in [4.69, 9.17) is 0 Å². The molecule has 90 valence electrons. The number of thiol groups is 1. The third-order valence-electron chi connectivity index (χ3n) is 2.81. The highest BCUT2D eigenvalue weighted by Crippen LogP contribution is 2.09. The maximum atomic E-state index is 4.26. The van der Waals surface area contributed by atoms with E-state index < -0.39 is 0 Å². The maximum absolute atomic E-state index is 4.26. The standard InChI is InChI=1S/C14H23NS/c1-13(2)15(10-6-7-11-16)12-14-8-4-3-5-9-14/h3-5,8-9,13,16H,6-7,10-12H2,1-2H3. The van der Waals surface area contributed by atoms with Gasteiger partial charge >= 0.3 is 0 Å². The predicted octanol–water partition coefficient (Wildman–Crippen LogP) is 3.61. The summed E-state index contributed by atoms with van der Waals surface area (Å²) in [7, 11) is 0. The van der Waals surface area contributed by atoms with Gasteiger partial charge in [-0.25, -0.2) is 0 Å². The lowest BCUT2D eigenvalue weighted by atomic mass is 10.1. The van der Waals surface area contributed by atoms with Crippen LogP contribution in [0, 0.1) is 0 Å². The van der Waals surface area contributed by atoms with Crippen molar-refractivity contribution in [2.75, 3.05) is 12.3 Å². The van der Waals surface area contributed by atoms with Gasteiger partial charge in [0.1, 0.15) is 0 Å². The minimum Gasteiger partial charge on any atom is -0.297 e. The molecule has 0 aromatic heterocycles.